The molecule has 1 amide bonds. The van der Waals surface area contributed by atoms with Gasteiger partial charge in [-0.25, -0.2) is 0 Å². The number of hydrogen-bond donors (Lipinski definition) is 1. The van der Waals surface area contributed by atoms with Gasteiger partial charge in [-0.3, -0.25) is 14.6 Å². The molecule has 0 radical (unpaired) electrons. The van der Waals surface area contributed by atoms with Crippen molar-refractivity contribution in [2.75, 3.05) is 66.7 Å². The van der Waals surface area contributed by atoms with E-state index in [0.717, 1.165) is 83.4 Å². The molecule has 1 aromatic rings. The van der Waals surface area contributed by atoms with Crippen LogP contribution in [0.2, 0.25) is 0 Å². The van der Waals surface area contributed by atoms with Crippen LogP contribution in [0.3, 0.4) is 0 Å². The van der Waals surface area contributed by atoms with Gasteiger partial charge in [0.15, 0.2) is 11.5 Å². The van der Waals surface area contributed by atoms with Crippen LogP contribution in [0.5, 0.6) is 11.5 Å². The van der Waals surface area contributed by atoms with E-state index in [2.05, 4.69) is 21.2 Å². The lowest BCUT2D eigenvalue weighted by Gasteiger charge is -2.32. The lowest BCUT2D eigenvalue weighted by molar-refractivity contribution is -0.126. The molecule has 0 atom stereocenters. The third-order valence-electron chi connectivity index (χ3n) is 5.64. The minimum Gasteiger partial charge on any atom is -0.493 e. The number of hydrogen-bond acceptors (Lipinski definition) is 6. The number of carbonyl (C=O) groups is 1. The zero-order valence-corrected chi connectivity index (χ0v) is 17.1. The van der Waals surface area contributed by atoms with Gasteiger partial charge in [-0.2, -0.15) is 0 Å². The Kier molecular flexibility index (Phi) is 7.94. The summed E-state index contributed by atoms with van der Waals surface area (Å²) in [4.78, 5) is 17.2. The second-order valence-corrected chi connectivity index (χ2v) is 7.48. The van der Waals surface area contributed by atoms with Gasteiger partial charge in [0.05, 0.1) is 27.4 Å². The quantitative estimate of drug-likeness (QED) is 0.722. The van der Waals surface area contributed by atoms with Gasteiger partial charge in [-0.05, 0) is 43.6 Å². The Balaban J connectivity index is 1.38. The predicted octanol–water partition coefficient (Wildman–Crippen LogP) is 1.36. The number of morpholine rings is 1. The maximum absolute atomic E-state index is 12.5. The summed E-state index contributed by atoms with van der Waals surface area (Å²) in [5.41, 5.74) is 1.20. The fourth-order valence-corrected chi connectivity index (χ4v) is 3.90. The molecule has 0 spiro atoms. The summed E-state index contributed by atoms with van der Waals surface area (Å²) in [7, 11) is 3.30. The normalized spacial score (nSPS) is 19.4. The van der Waals surface area contributed by atoms with Gasteiger partial charge in [0.2, 0.25) is 5.91 Å². The van der Waals surface area contributed by atoms with E-state index in [0.29, 0.717) is 0 Å². The second-order valence-electron chi connectivity index (χ2n) is 7.48. The molecule has 1 N–H and O–H groups in total. The third kappa shape index (κ3) is 5.83. The first-order valence-corrected chi connectivity index (χ1v) is 10.2. The van der Waals surface area contributed by atoms with Crippen LogP contribution in [0.25, 0.3) is 0 Å². The summed E-state index contributed by atoms with van der Waals surface area (Å²) in [5.74, 6) is 1.85. The van der Waals surface area contributed by atoms with Crippen molar-refractivity contribution in [3.05, 3.63) is 23.8 Å². The minimum absolute atomic E-state index is 0.131. The van der Waals surface area contributed by atoms with Crippen molar-refractivity contribution in [2.24, 2.45) is 5.92 Å². The Morgan fingerprint density at radius 3 is 2.46 bits per heavy atom. The number of likely N-dealkylation sites (tertiary alicyclic amines) is 1. The monoisotopic (exact) mass is 391 g/mol. The summed E-state index contributed by atoms with van der Waals surface area (Å²) >= 11 is 0. The highest BCUT2D eigenvalue weighted by Gasteiger charge is 2.25. The average molecular weight is 392 g/mol. The summed E-state index contributed by atoms with van der Waals surface area (Å²) in [5, 5.41) is 3.12. The van der Waals surface area contributed by atoms with E-state index in [-0.39, 0.29) is 11.8 Å². The van der Waals surface area contributed by atoms with Gasteiger partial charge in [0.1, 0.15) is 0 Å². The Bertz CT molecular complexity index is 626. The number of methoxy groups -OCH3 is 2. The van der Waals surface area contributed by atoms with Crippen LogP contribution in [0, 0.1) is 5.92 Å². The van der Waals surface area contributed by atoms with Gasteiger partial charge < -0.3 is 19.5 Å². The van der Waals surface area contributed by atoms with Gasteiger partial charge >= 0.3 is 0 Å². The molecule has 2 aliphatic rings. The third-order valence-corrected chi connectivity index (χ3v) is 5.64. The number of nitrogens with one attached hydrogen (secondary N) is 1. The molecule has 0 bridgehead atoms. The molecule has 0 unspecified atom stereocenters. The van der Waals surface area contributed by atoms with Crippen molar-refractivity contribution in [3.63, 3.8) is 0 Å². The molecule has 7 heteroatoms. The summed E-state index contributed by atoms with van der Waals surface area (Å²) in [6.07, 6.45) is 1.83. The Hall–Kier alpha value is -1.83. The van der Waals surface area contributed by atoms with Crippen molar-refractivity contribution in [2.45, 2.75) is 19.4 Å². The first-order valence-electron chi connectivity index (χ1n) is 10.2. The van der Waals surface area contributed by atoms with E-state index in [1.807, 2.05) is 12.1 Å². The lowest BCUT2D eigenvalue weighted by atomic mass is 9.95. The smallest absolute Gasteiger partial charge is 0.223 e. The zero-order valence-electron chi connectivity index (χ0n) is 17.1. The van der Waals surface area contributed by atoms with E-state index in [1.165, 1.54) is 5.56 Å². The topological polar surface area (TPSA) is 63.3 Å². The number of benzene rings is 1. The molecular weight excluding hydrogens is 358 g/mol. The number of carbonyl (C=O) groups excluding carboxylic acids is 1. The van der Waals surface area contributed by atoms with Crippen LogP contribution in [0.15, 0.2) is 18.2 Å². The van der Waals surface area contributed by atoms with Crippen molar-refractivity contribution in [1.82, 2.24) is 15.1 Å². The highest BCUT2D eigenvalue weighted by Crippen LogP contribution is 2.28. The molecule has 2 aliphatic heterocycles. The van der Waals surface area contributed by atoms with Crippen LogP contribution >= 0.6 is 0 Å². The summed E-state index contributed by atoms with van der Waals surface area (Å²) in [6.45, 7) is 7.91. The maximum Gasteiger partial charge on any atom is 0.223 e. The highest BCUT2D eigenvalue weighted by molar-refractivity contribution is 5.78. The number of ether oxygens (including phenoxy) is 3. The molecule has 3 rings (SSSR count). The average Bonchev–Trinajstić information content (AvgIpc) is 2.75. The maximum atomic E-state index is 12.5. The van der Waals surface area contributed by atoms with Gasteiger partial charge in [-0.15, -0.1) is 0 Å². The fraction of sp³-hybridized carbons (Fsp3) is 0.667. The van der Waals surface area contributed by atoms with Crippen LogP contribution in [0.4, 0.5) is 0 Å². The largest absolute Gasteiger partial charge is 0.493 e. The highest BCUT2D eigenvalue weighted by atomic mass is 16.5. The molecular formula is C21H33N3O4. The molecule has 2 heterocycles. The van der Waals surface area contributed by atoms with E-state index in [1.54, 1.807) is 14.2 Å². The number of piperidine rings is 1. The molecule has 0 aromatic heterocycles. The van der Waals surface area contributed by atoms with Crippen LogP contribution in [-0.2, 0) is 16.1 Å². The van der Waals surface area contributed by atoms with Gasteiger partial charge in [0.25, 0.3) is 0 Å². The summed E-state index contributed by atoms with van der Waals surface area (Å²) < 4.78 is 16.0. The van der Waals surface area contributed by atoms with Crippen LogP contribution in [-0.4, -0.2) is 82.4 Å². The second kappa shape index (κ2) is 10.6. The lowest BCUT2D eigenvalue weighted by Crippen LogP contribution is -2.44. The molecule has 2 saturated heterocycles. The first-order chi connectivity index (χ1) is 13.7. The van der Waals surface area contributed by atoms with Crippen LogP contribution in [0.1, 0.15) is 18.4 Å². The fourth-order valence-electron chi connectivity index (χ4n) is 3.90. The van der Waals surface area contributed by atoms with Crippen molar-refractivity contribution in [1.29, 1.82) is 0 Å². The van der Waals surface area contributed by atoms with Crippen molar-refractivity contribution in [3.8, 4) is 11.5 Å². The standard InChI is InChI=1S/C21H33N3O4/c1-26-19-4-3-17(15-20(19)27-2)16-24-8-5-18(6-9-24)21(25)22-7-10-23-11-13-28-14-12-23/h3-4,15,18H,5-14,16H2,1-2H3,(H,22,25). The minimum atomic E-state index is 0.131. The van der Waals surface area contributed by atoms with Gasteiger partial charge in [0, 0.05) is 38.6 Å². The Morgan fingerprint density at radius 1 is 1.07 bits per heavy atom. The molecule has 2 fully saturated rings. The number of rotatable bonds is 8. The predicted molar refractivity (Wildman–Crippen MR) is 108 cm³/mol. The Morgan fingerprint density at radius 2 is 1.79 bits per heavy atom. The first kappa shape index (κ1) is 20.9. The molecule has 0 saturated carbocycles. The molecule has 0 aliphatic carbocycles. The molecule has 156 valence electrons. The van der Waals surface area contributed by atoms with Crippen molar-refractivity contribution < 1.29 is 19.0 Å². The summed E-state index contributed by atoms with van der Waals surface area (Å²) in [6, 6.07) is 6.05. The molecule has 28 heavy (non-hydrogen) atoms. The zero-order chi connectivity index (χ0) is 19.8. The number of amides is 1. The molecule has 7 nitrogen and oxygen atoms in total. The van der Waals surface area contributed by atoms with Crippen molar-refractivity contribution >= 4 is 5.91 Å². The molecule has 1 aromatic carbocycles. The van der Waals surface area contributed by atoms with E-state index < -0.39 is 0 Å². The van der Waals surface area contributed by atoms with E-state index in [9.17, 15) is 4.79 Å². The number of nitrogens with zero attached hydrogens (tertiary/aromatic N) is 2. The SMILES string of the molecule is COc1ccc(CN2CCC(C(=O)NCCN3CCOCC3)CC2)cc1OC. The van der Waals surface area contributed by atoms with E-state index >= 15 is 0 Å². The van der Waals surface area contributed by atoms with E-state index in [4.69, 9.17) is 14.2 Å². The van der Waals surface area contributed by atoms with Crippen LogP contribution < -0.4 is 14.8 Å². The van der Waals surface area contributed by atoms with Gasteiger partial charge in [-0.1, -0.05) is 6.07 Å². The Labute approximate surface area is 167 Å².